The van der Waals surface area contributed by atoms with Crippen molar-refractivity contribution >= 4 is 33.9 Å². The van der Waals surface area contributed by atoms with E-state index in [1.165, 1.54) is 18.2 Å². The maximum Gasteiger partial charge on any atom is 0.337 e. The standard InChI is InChI=1S/C21H20FN3O4/c22-14-2-4-17-15(10-14)20(19(11-23-17)25-5-7-29-8-6-25)24-18-3-1-13(12-26)9-16(18)21(27)28/h1-4,9-11,26H,5-8,12H2,(H,23,24)(H,27,28). The third kappa shape index (κ3) is 3.85. The number of pyridine rings is 1. The lowest BCUT2D eigenvalue weighted by Crippen LogP contribution is -2.36. The smallest absolute Gasteiger partial charge is 0.337 e. The number of nitrogens with one attached hydrogen (secondary N) is 1. The number of carboxylic acid groups (broad SMARTS) is 1. The average Bonchev–Trinajstić information content (AvgIpc) is 2.74. The summed E-state index contributed by atoms with van der Waals surface area (Å²) in [7, 11) is 0. The highest BCUT2D eigenvalue weighted by molar-refractivity contribution is 6.02. The maximum absolute atomic E-state index is 14.0. The highest BCUT2D eigenvalue weighted by Gasteiger charge is 2.20. The third-order valence-corrected chi connectivity index (χ3v) is 4.92. The molecular weight excluding hydrogens is 377 g/mol. The van der Waals surface area contributed by atoms with E-state index in [0.717, 1.165) is 5.69 Å². The lowest BCUT2D eigenvalue weighted by molar-refractivity contribution is 0.0698. The number of halogens is 1. The molecule has 3 N–H and O–H groups in total. The second kappa shape index (κ2) is 8.02. The van der Waals surface area contributed by atoms with Gasteiger partial charge in [0.1, 0.15) is 5.82 Å². The lowest BCUT2D eigenvalue weighted by Gasteiger charge is -2.31. The van der Waals surface area contributed by atoms with E-state index in [9.17, 15) is 19.4 Å². The molecule has 1 saturated heterocycles. The Morgan fingerprint density at radius 1 is 1.21 bits per heavy atom. The van der Waals surface area contributed by atoms with Gasteiger partial charge in [-0.25, -0.2) is 9.18 Å². The zero-order chi connectivity index (χ0) is 20.4. The quantitative estimate of drug-likeness (QED) is 0.609. The van der Waals surface area contributed by atoms with Crippen molar-refractivity contribution in [2.75, 3.05) is 36.5 Å². The maximum atomic E-state index is 14.0. The number of benzene rings is 2. The van der Waals surface area contributed by atoms with Gasteiger partial charge >= 0.3 is 5.97 Å². The molecule has 1 aromatic heterocycles. The van der Waals surface area contributed by atoms with Crippen molar-refractivity contribution in [1.29, 1.82) is 0 Å². The number of ether oxygens (including phenoxy) is 1. The SMILES string of the molecule is O=C(O)c1cc(CO)ccc1Nc1c(N2CCOCC2)cnc2ccc(F)cc12. The van der Waals surface area contributed by atoms with Crippen LogP contribution in [0.25, 0.3) is 10.9 Å². The van der Waals surface area contributed by atoms with E-state index in [4.69, 9.17) is 4.74 Å². The van der Waals surface area contributed by atoms with Crippen molar-refractivity contribution in [3.8, 4) is 0 Å². The molecule has 3 aromatic rings. The summed E-state index contributed by atoms with van der Waals surface area (Å²) in [6.07, 6.45) is 1.70. The van der Waals surface area contributed by atoms with Crippen LogP contribution in [-0.4, -0.2) is 47.5 Å². The summed E-state index contributed by atoms with van der Waals surface area (Å²) >= 11 is 0. The van der Waals surface area contributed by atoms with E-state index in [1.807, 2.05) is 0 Å². The minimum absolute atomic E-state index is 0.0193. The van der Waals surface area contributed by atoms with Gasteiger partial charge in [-0.2, -0.15) is 0 Å². The van der Waals surface area contributed by atoms with Gasteiger partial charge in [0.15, 0.2) is 0 Å². The van der Waals surface area contributed by atoms with Gasteiger partial charge in [-0.1, -0.05) is 6.07 Å². The first-order chi connectivity index (χ1) is 14.1. The zero-order valence-electron chi connectivity index (χ0n) is 15.6. The minimum atomic E-state index is -1.12. The lowest BCUT2D eigenvalue weighted by atomic mass is 10.1. The molecule has 0 aliphatic carbocycles. The Hall–Kier alpha value is -3.23. The number of aliphatic hydroxyl groups is 1. The molecule has 0 spiro atoms. The average molecular weight is 397 g/mol. The van der Waals surface area contributed by atoms with Crippen molar-refractivity contribution in [2.24, 2.45) is 0 Å². The van der Waals surface area contributed by atoms with Crippen LogP contribution in [0.5, 0.6) is 0 Å². The fourth-order valence-electron chi connectivity index (χ4n) is 3.44. The number of morpholine rings is 1. The molecule has 1 aliphatic heterocycles. The van der Waals surface area contributed by atoms with Gasteiger partial charge in [-0.05, 0) is 35.9 Å². The van der Waals surface area contributed by atoms with Gasteiger partial charge in [0.2, 0.25) is 0 Å². The first-order valence-electron chi connectivity index (χ1n) is 9.22. The van der Waals surface area contributed by atoms with Gasteiger partial charge in [0.05, 0.1) is 54.2 Å². The van der Waals surface area contributed by atoms with Crippen LogP contribution in [-0.2, 0) is 11.3 Å². The molecule has 1 aliphatic rings. The second-order valence-corrected chi connectivity index (χ2v) is 6.75. The summed E-state index contributed by atoms with van der Waals surface area (Å²) in [5.41, 5.74) is 2.78. The molecule has 4 rings (SSSR count). The number of aromatic nitrogens is 1. The Morgan fingerprint density at radius 2 is 2.00 bits per heavy atom. The summed E-state index contributed by atoms with van der Waals surface area (Å²) in [4.78, 5) is 18.3. The van der Waals surface area contributed by atoms with E-state index in [2.05, 4.69) is 15.2 Å². The largest absolute Gasteiger partial charge is 0.478 e. The molecule has 0 amide bonds. The Kier molecular flexibility index (Phi) is 5.28. The monoisotopic (exact) mass is 397 g/mol. The van der Waals surface area contributed by atoms with E-state index < -0.39 is 11.8 Å². The van der Waals surface area contributed by atoms with Crippen molar-refractivity contribution in [3.05, 3.63) is 59.5 Å². The highest BCUT2D eigenvalue weighted by atomic mass is 19.1. The minimum Gasteiger partial charge on any atom is -0.478 e. The molecule has 150 valence electrons. The molecule has 2 aromatic carbocycles. The topological polar surface area (TPSA) is 94.9 Å². The highest BCUT2D eigenvalue weighted by Crippen LogP contribution is 2.36. The van der Waals surface area contributed by atoms with Gasteiger partial charge in [-0.3, -0.25) is 4.98 Å². The van der Waals surface area contributed by atoms with E-state index in [-0.39, 0.29) is 12.2 Å². The number of aliphatic hydroxyl groups excluding tert-OH is 1. The van der Waals surface area contributed by atoms with E-state index in [0.29, 0.717) is 54.1 Å². The molecule has 0 radical (unpaired) electrons. The molecule has 7 nitrogen and oxygen atoms in total. The van der Waals surface area contributed by atoms with Crippen LogP contribution in [0, 0.1) is 5.82 Å². The molecule has 1 fully saturated rings. The summed E-state index contributed by atoms with van der Waals surface area (Å²) in [5.74, 6) is -1.53. The summed E-state index contributed by atoms with van der Waals surface area (Å²) in [6.45, 7) is 2.15. The van der Waals surface area contributed by atoms with Gasteiger partial charge < -0.3 is 25.2 Å². The summed E-state index contributed by atoms with van der Waals surface area (Å²) in [6, 6.07) is 8.98. The van der Waals surface area contributed by atoms with E-state index >= 15 is 0 Å². The van der Waals surface area contributed by atoms with Crippen LogP contribution >= 0.6 is 0 Å². The number of hydrogen-bond donors (Lipinski definition) is 3. The van der Waals surface area contributed by atoms with Crippen molar-refractivity contribution in [1.82, 2.24) is 4.98 Å². The van der Waals surface area contributed by atoms with Crippen molar-refractivity contribution in [2.45, 2.75) is 6.61 Å². The molecular formula is C21H20FN3O4. The van der Waals surface area contributed by atoms with E-state index in [1.54, 1.807) is 24.4 Å². The predicted octanol–water partition coefficient (Wildman–Crippen LogP) is 3.14. The van der Waals surface area contributed by atoms with Crippen LogP contribution in [0.15, 0.2) is 42.6 Å². The Balaban J connectivity index is 1.87. The Labute approximate surface area is 166 Å². The summed E-state index contributed by atoms with van der Waals surface area (Å²) in [5, 5.41) is 22.7. The number of fused-ring (bicyclic) bond motifs is 1. The normalized spacial score (nSPS) is 14.2. The van der Waals surface area contributed by atoms with Crippen molar-refractivity contribution < 1.29 is 24.1 Å². The van der Waals surface area contributed by atoms with Gasteiger partial charge in [0.25, 0.3) is 0 Å². The number of carboxylic acids is 1. The zero-order valence-corrected chi connectivity index (χ0v) is 15.6. The molecule has 8 heteroatoms. The van der Waals surface area contributed by atoms with Gasteiger partial charge in [0, 0.05) is 18.5 Å². The molecule has 2 heterocycles. The Bertz CT molecular complexity index is 1070. The number of nitrogens with zero attached hydrogens (tertiary/aromatic N) is 2. The number of anilines is 3. The number of hydrogen-bond acceptors (Lipinski definition) is 6. The van der Waals surface area contributed by atoms with Crippen LogP contribution in [0.4, 0.5) is 21.5 Å². The molecule has 0 bridgehead atoms. The first kappa shape index (κ1) is 19.1. The molecule has 0 unspecified atom stereocenters. The van der Waals surface area contributed by atoms with Crippen LogP contribution in [0.2, 0.25) is 0 Å². The van der Waals surface area contributed by atoms with Crippen LogP contribution in [0.1, 0.15) is 15.9 Å². The number of aromatic carboxylic acids is 1. The summed E-state index contributed by atoms with van der Waals surface area (Å²) < 4.78 is 19.4. The fourth-order valence-corrected chi connectivity index (χ4v) is 3.44. The van der Waals surface area contributed by atoms with Crippen LogP contribution < -0.4 is 10.2 Å². The first-order valence-corrected chi connectivity index (χ1v) is 9.22. The molecule has 0 saturated carbocycles. The number of carbonyl (C=O) groups is 1. The predicted molar refractivity (Wildman–Crippen MR) is 107 cm³/mol. The van der Waals surface area contributed by atoms with Crippen molar-refractivity contribution in [3.63, 3.8) is 0 Å². The Morgan fingerprint density at radius 3 is 2.72 bits per heavy atom. The van der Waals surface area contributed by atoms with Crippen LogP contribution in [0.3, 0.4) is 0 Å². The molecule has 29 heavy (non-hydrogen) atoms. The molecule has 0 atom stereocenters. The van der Waals surface area contributed by atoms with Gasteiger partial charge in [-0.15, -0.1) is 0 Å². The number of rotatable bonds is 5. The second-order valence-electron chi connectivity index (χ2n) is 6.75. The third-order valence-electron chi connectivity index (χ3n) is 4.92. The fraction of sp³-hybridized carbons (Fsp3) is 0.238.